The number of rotatable bonds is 5. The zero-order valence-electron chi connectivity index (χ0n) is 15.4. The predicted molar refractivity (Wildman–Crippen MR) is 86.3 cm³/mol. The zero-order chi connectivity index (χ0) is 18.9. The Hall–Kier alpha value is -1.83. The van der Waals surface area contributed by atoms with Crippen molar-refractivity contribution in [3.8, 4) is 0 Å². The molecule has 1 saturated carbocycles. The normalized spacial score (nSPS) is 23.6. The fraction of sp³-hybridized carbons (Fsp3) is 0.812. The number of hydrogen-bond donors (Lipinski definition) is 2. The lowest BCUT2D eigenvalue weighted by Gasteiger charge is -2.30. The summed E-state index contributed by atoms with van der Waals surface area (Å²) < 4.78 is 10.6. The largest absolute Gasteiger partial charge is 0.480 e. The first-order chi connectivity index (χ1) is 10.7. The Morgan fingerprint density at radius 2 is 1.62 bits per heavy atom. The summed E-state index contributed by atoms with van der Waals surface area (Å²) in [5.41, 5.74) is -2.47. The van der Waals surface area contributed by atoms with E-state index in [1.54, 1.807) is 41.5 Å². The van der Waals surface area contributed by atoms with Crippen LogP contribution in [0.2, 0.25) is 0 Å². The molecule has 0 aromatic carbocycles. The molecule has 0 aromatic heterocycles. The van der Waals surface area contributed by atoms with Crippen molar-refractivity contribution in [3.05, 3.63) is 0 Å². The van der Waals surface area contributed by atoms with E-state index in [2.05, 4.69) is 5.32 Å². The van der Waals surface area contributed by atoms with Gasteiger partial charge in [-0.1, -0.05) is 0 Å². The number of alkyl carbamates (subject to hydrolysis) is 1. The highest BCUT2D eigenvalue weighted by molar-refractivity contribution is 5.81. The van der Waals surface area contributed by atoms with E-state index in [0.29, 0.717) is 0 Å². The molecule has 138 valence electrons. The smallest absolute Gasteiger partial charge is 0.409 e. The molecule has 1 aliphatic carbocycles. The van der Waals surface area contributed by atoms with E-state index in [-0.39, 0.29) is 13.0 Å². The van der Waals surface area contributed by atoms with Gasteiger partial charge in [0.15, 0.2) is 0 Å². The van der Waals surface area contributed by atoms with E-state index < -0.39 is 40.8 Å². The standard InChI is InChI=1S/C16H28N2O6/c1-14(2,3)23-12(21)10-8-16(10,18(7)9-11(19)20)17-13(22)24-15(4,5)6/h10H,8-9H2,1-7H3,(H,17,22)(H,19,20). The maximum absolute atomic E-state index is 12.3. The fourth-order valence-corrected chi connectivity index (χ4v) is 2.38. The zero-order valence-corrected chi connectivity index (χ0v) is 15.4. The Morgan fingerprint density at radius 3 is 2.04 bits per heavy atom. The maximum Gasteiger partial charge on any atom is 0.409 e. The molecule has 1 fully saturated rings. The van der Waals surface area contributed by atoms with Gasteiger partial charge in [0, 0.05) is 6.42 Å². The number of carboxylic acids is 1. The number of likely N-dealkylation sites (N-methyl/N-ethyl adjacent to an activating group) is 1. The number of esters is 1. The van der Waals surface area contributed by atoms with Gasteiger partial charge < -0.3 is 19.9 Å². The number of carboxylic acid groups (broad SMARTS) is 1. The summed E-state index contributed by atoms with van der Waals surface area (Å²) in [7, 11) is 1.54. The average Bonchev–Trinajstić information content (AvgIpc) is 2.98. The van der Waals surface area contributed by atoms with E-state index in [1.807, 2.05) is 0 Å². The number of nitrogens with zero attached hydrogens (tertiary/aromatic N) is 1. The van der Waals surface area contributed by atoms with Crippen LogP contribution in [0.4, 0.5) is 4.79 Å². The Labute approximate surface area is 142 Å². The van der Waals surface area contributed by atoms with Crippen LogP contribution >= 0.6 is 0 Å². The molecular formula is C16H28N2O6. The highest BCUT2D eigenvalue weighted by Crippen LogP contribution is 2.47. The van der Waals surface area contributed by atoms with Gasteiger partial charge in [0.2, 0.25) is 0 Å². The minimum atomic E-state index is -1.11. The van der Waals surface area contributed by atoms with E-state index in [9.17, 15) is 14.4 Å². The lowest BCUT2D eigenvalue weighted by atomic mass is 10.2. The first-order valence-electron chi connectivity index (χ1n) is 7.83. The molecule has 0 bridgehead atoms. The highest BCUT2D eigenvalue weighted by Gasteiger charge is 2.64. The quantitative estimate of drug-likeness (QED) is 0.576. The number of carbonyl (C=O) groups excluding carboxylic acids is 2. The second-order valence-electron chi connectivity index (χ2n) is 8.09. The number of nitrogens with one attached hydrogen (secondary N) is 1. The second kappa shape index (κ2) is 6.58. The molecule has 0 saturated heterocycles. The van der Waals surface area contributed by atoms with Crippen molar-refractivity contribution in [2.45, 2.75) is 64.8 Å². The van der Waals surface area contributed by atoms with Crippen LogP contribution in [-0.2, 0) is 19.1 Å². The molecular weight excluding hydrogens is 316 g/mol. The number of amides is 1. The van der Waals surface area contributed by atoms with Crippen LogP contribution in [0.15, 0.2) is 0 Å². The molecule has 1 rings (SSSR count). The van der Waals surface area contributed by atoms with Gasteiger partial charge in [-0.25, -0.2) is 4.79 Å². The molecule has 0 aliphatic heterocycles. The summed E-state index contributed by atoms with van der Waals surface area (Å²) in [5, 5.41) is 11.7. The first kappa shape index (κ1) is 20.2. The van der Waals surface area contributed by atoms with Gasteiger partial charge in [0.25, 0.3) is 0 Å². The molecule has 8 nitrogen and oxygen atoms in total. The molecule has 1 amide bonds. The van der Waals surface area contributed by atoms with Crippen LogP contribution in [0.5, 0.6) is 0 Å². The van der Waals surface area contributed by atoms with Crippen LogP contribution in [0.25, 0.3) is 0 Å². The number of carbonyl (C=O) groups is 3. The van der Waals surface area contributed by atoms with Crippen molar-refractivity contribution < 1.29 is 29.0 Å². The summed E-state index contributed by atoms with van der Waals surface area (Å²) >= 11 is 0. The lowest BCUT2D eigenvalue weighted by Crippen LogP contribution is -2.54. The molecule has 2 unspecified atom stereocenters. The topological polar surface area (TPSA) is 105 Å². The van der Waals surface area contributed by atoms with Crippen LogP contribution in [0.3, 0.4) is 0 Å². The van der Waals surface area contributed by atoms with Crippen LogP contribution in [-0.4, -0.2) is 58.5 Å². The summed E-state index contributed by atoms with van der Waals surface area (Å²) in [4.78, 5) is 36.8. The van der Waals surface area contributed by atoms with Crippen molar-refractivity contribution in [3.63, 3.8) is 0 Å². The molecule has 2 N–H and O–H groups in total. The minimum absolute atomic E-state index is 0.269. The highest BCUT2D eigenvalue weighted by atomic mass is 16.6. The van der Waals surface area contributed by atoms with Gasteiger partial charge >= 0.3 is 18.0 Å². The average molecular weight is 344 g/mol. The van der Waals surface area contributed by atoms with Gasteiger partial charge in [0.1, 0.15) is 16.9 Å². The molecule has 8 heteroatoms. The summed E-state index contributed by atoms with van der Waals surface area (Å²) in [6.07, 6.45) is -0.434. The third kappa shape index (κ3) is 5.67. The van der Waals surface area contributed by atoms with E-state index >= 15 is 0 Å². The van der Waals surface area contributed by atoms with Gasteiger partial charge in [-0.3, -0.25) is 14.5 Å². The third-order valence-corrected chi connectivity index (χ3v) is 3.39. The van der Waals surface area contributed by atoms with Gasteiger partial charge in [-0.05, 0) is 48.6 Å². The van der Waals surface area contributed by atoms with Crippen molar-refractivity contribution >= 4 is 18.0 Å². The maximum atomic E-state index is 12.3. The van der Waals surface area contributed by atoms with Gasteiger partial charge in [-0.15, -0.1) is 0 Å². The number of hydrogen-bond acceptors (Lipinski definition) is 6. The minimum Gasteiger partial charge on any atom is -0.480 e. The Bertz CT molecular complexity index is 520. The Balaban J connectivity index is 2.90. The van der Waals surface area contributed by atoms with Gasteiger partial charge in [0.05, 0.1) is 12.5 Å². The molecule has 24 heavy (non-hydrogen) atoms. The van der Waals surface area contributed by atoms with Crippen molar-refractivity contribution in [1.29, 1.82) is 0 Å². The first-order valence-corrected chi connectivity index (χ1v) is 7.83. The lowest BCUT2D eigenvalue weighted by molar-refractivity contribution is -0.158. The molecule has 0 radical (unpaired) electrons. The Kier molecular flexibility index (Phi) is 5.54. The fourth-order valence-electron chi connectivity index (χ4n) is 2.38. The molecule has 0 aromatic rings. The third-order valence-electron chi connectivity index (χ3n) is 3.39. The summed E-state index contributed by atoms with van der Waals surface area (Å²) in [5.74, 6) is -2.18. The number of aliphatic carboxylic acids is 1. The predicted octanol–water partition coefficient (Wildman–Crippen LogP) is 1.59. The van der Waals surface area contributed by atoms with E-state index in [0.717, 1.165) is 0 Å². The molecule has 0 spiro atoms. The van der Waals surface area contributed by atoms with Crippen LogP contribution in [0, 0.1) is 5.92 Å². The van der Waals surface area contributed by atoms with Crippen LogP contribution in [0.1, 0.15) is 48.0 Å². The molecule has 1 aliphatic rings. The molecule has 0 heterocycles. The van der Waals surface area contributed by atoms with Crippen molar-refractivity contribution in [2.75, 3.05) is 13.6 Å². The van der Waals surface area contributed by atoms with Crippen molar-refractivity contribution in [2.24, 2.45) is 5.92 Å². The SMILES string of the molecule is CN(CC(=O)O)C1(NC(=O)OC(C)(C)C)CC1C(=O)OC(C)(C)C. The van der Waals surface area contributed by atoms with Gasteiger partial charge in [-0.2, -0.15) is 0 Å². The number of ether oxygens (including phenoxy) is 2. The monoisotopic (exact) mass is 344 g/mol. The second-order valence-corrected chi connectivity index (χ2v) is 8.09. The molecule has 2 atom stereocenters. The van der Waals surface area contributed by atoms with E-state index in [4.69, 9.17) is 14.6 Å². The van der Waals surface area contributed by atoms with Crippen LogP contribution < -0.4 is 5.32 Å². The summed E-state index contributed by atoms with van der Waals surface area (Å²) in [6.45, 7) is 10.1. The van der Waals surface area contributed by atoms with Crippen molar-refractivity contribution in [1.82, 2.24) is 10.2 Å². The van der Waals surface area contributed by atoms with E-state index in [1.165, 1.54) is 11.9 Å². The summed E-state index contributed by atoms with van der Waals surface area (Å²) in [6, 6.07) is 0. The Morgan fingerprint density at radius 1 is 1.12 bits per heavy atom.